The topological polar surface area (TPSA) is 31.2 Å². The molecule has 20 heavy (non-hydrogen) atoms. The van der Waals surface area contributed by atoms with Crippen LogP contribution in [0.25, 0.3) is 5.69 Å². The largest absolute Gasteiger partial charge is 0.573 e. The first-order chi connectivity index (χ1) is 9.26. The molecular formula is C13H9BrF3NO2. The lowest BCUT2D eigenvalue weighted by Crippen LogP contribution is -2.18. The maximum atomic E-state index is 12.0. The highest BCUT2D eigenvalue weighted by molar-refractivity contribution is 9.10. The third-order valence-electron chi connectivity index (χ3n) is 2.55. The molecule has 2 aromatic rings. The fourth-order valence-electron chi connectivity index (χ4n) is 1.61. The number of hydrogen-bond acceptors (Lipinski definition) is 2. The molecule has 0 saturated carbocycles. The lowest BCUT2D eigenvalue weighted by molar-refractivity contribution is -0.274. The zero-order chi connectivity index (χ0) is 14.9. The fraction of sp³-hybridized carbons (Fsp3) is 0.154. The summed E-state index contributed by atoms with van der Waals surface area (Å²) in [4.78, 5) is 11.8. The van der Waals surface area contributed by atoms with E-state index < -0.39 is 6.36 Å². The van der Waals surface area contributed by atoms with Gasteiger partial charge in [0.2, 0.25) is 0 Å². The Kier molecular flexibility index (Phi) is 3.89. The van der Waals surface area contributed by atoms with Crippen LogP contribution in [0.15, 0.2) is 45.8 Å². The van der Waals surface area contributed by atoms with Crippen molar-refractivity contribution in [3.05, 3.63) is 56.9 Å². The van der Waals surface area contributed by atoms with Crippen LogP contribution in [0.2, 0.25) is 0 Å². The molecule has 0 fully saturated rings. The molecule has 106 valence electrons. The molecule has 1 aromatic carbocycles. The second-order valence-electron chi connectivity index (χ2n) is 4.05. The van der Waals surface area contributed by atoms with Gasteiger partial charge in [-0.15, -0.1) is 13.2 Å². The van der Waals surface area contributed by atoms with E-state index in [1.54, 1.807) is 13.1 Å². The average Bonchev–Trinajstić information content (AvgIpc) is 2.33. The number of aryl methyl sites for hydroxylation is 1. The first kappa shape index (κ1) is 14.6. The zero-order valence-electron chi connectivity index (χ0n) is 10.2. The van der Waals surface area contributed by atoms with Gasteiger partial charge in [-0.05, 0) is 52.7 Å². The van der Waals surface area contributed by atoms with Crippen molar-refractivity contribution in [1.29, 1.82) is 0 Å². The van der Waals surface area contributed by atoms with Crippen LogP contribution in [0.4, 0.5) is 13.2 Å². The van der Waals surface area contributed by atoms with Crippen molar-refractivity contribution in [2.75, 3.05) is 0 Å². The van der Waals surface area contributed by atoms with Crippen molar-refractivity contribution < 1.29 is 17.9 Å². The van der Waals surface area contributed by atoms with Gasteiger partial charge in [-0.2, -0.15) is 0 Å². The highest BCUT2D eigenvalue weighted by Gasteiger charge is 2.30. The number of aromatic nitrogens is 1. The predicted octanol–water partition coefficient (Wildman–Crippen LogP) is 3.81. The summed E-state index contributed by atoms with van der Waals surface area (Å²) >= 11 is 3.30. The van der Waals surface area contributed by atoms with E-state index >= 15 is 0 Å². The van der Waals surface area contributed by atoms with Gasteiger partial charge in [0, 0.05) is 22.4 Å². The third kappa shape index (κ3) is 3.41. The maximum absolute atomic E-state index is 12.0. The summed E-state index contributed by atoms with van der Waals surface area (Å²) in [6, 6.07) is 6.50. The molecule has 1 aromatic heterocycles. The van der Waals surface area contributed by atoms with Crippen molar-refractivity contribution in [3.8, 4) is 11.4 Å². The minimum Gasteiger partial charge on any atom is -0.406 e. The van der Waals surface area contributed by atoms with Gasteiger partial charge < -0.3 is 4.74 Å². The molecule has 0 radical (unpaired) electrons. The Morgan fingerprint density at radius 1 is 1.20 bits per heavy atom. The molecule has 0 atom stereocenters. The van der Waals surface area contributed by atoms with Gasteiger partial charge in [-0.3, -0.25) is 9.36 Å². The number of nitrogens with zero attached hydrogens (tertiary/aromatic N) is 1. The van der Waals surface area contributed by atoms with Crippen LogP contribution in [0.3, 0.4) is 0 Å². The predicted molar refractivity (Wildman–Crippen MR) is 71.2 cm³/mol. The Labute approximate surface area is 120 Å². The highest BCUT2D eigenvalue weighted by Crippen LogP contribution is 2.23. The average molecular weight is 348 g/mol. The first-order valence-corrected chi connectivity index (χ1v) is 6.30. The van der Waals surface area contributed by atoms with Crippen LogP contribution in [-0.2, 0) is 0 Å². The van der Waals surface area contributed by atoms with Gasteiger partial charge in [-0.1, -0.05) is 0 Å². The van der Waals surface area contributed by atoms with E-state index in [-0.39, 0.29) is 11.3 Å². The van der Waals surface area contributed by atoms with Gasteiger partial charge in [-0.25, -0.2) is 0 Å². The molecule has 0 bridgehead atoms. The normalized spacial score (nSPS) is 11.4. The van der Waals surface area contributed by atoms with Crippen molar-refractivity contribution in [1.82, 2.24) is 4.57 Å². The molecule has 0 aliphatic heterocycles. The number of halogens is 4. The standard InChI is InChI=1S/C13H9BrF3NO2/c1-8-6-12(19)18(7-11(8)14)9-2-4-10(5-3-9)20-13(15,16)17/h2-7H,1H3. The Morgan fingerprint density at radius 2 is 1.80 bits per heavy atom. The molecule has 0 spiro atoms. The van der Waals surface area contributed by atoms with E-state index in [2.05, 4.69) is 20.7 Å². The molecular weight excluding hydrogens is 339 g/mol. The molecule has 7 heteroatoms. The molecule has 2 rings (SSSR count). The summed E-state index contributed by atoms with van der Waals surface area (Å²) in [7, 11) is 0. The van der Waals surface area contributed by atoms with Crippen molar-refractivity contribution in [2.24, 2.45) is 0 Å². The number of hydrogen-bond donors (Lipinski definition) is 0. The summed E-state index contributed by atoms with van der Waals surface area (Å²) in [6.45, 7) is 1.77. The molecule has 3 nitrogen and oxygen atoms in total. The molecule has 0 unspecified atom stereocenters. The Morgan fingerprint density at radius 3 is 2.35 bits per heavy atom. The second-order valence-corrected chi connectivity index (χ2v) is 4.91. The highest BCUT2D eigenvalue weighted by atomic mass is 79.9. The number of alkyl halides is 3. The van der Waals surface area contributed by atoms with Gasteiger partial charge in [0.15, 0.2) is 0 Å². The first-order valence-electron chi connectivity index (χ1n) is 5.51. The number of ether oxygens (including phenoxy) is 1. The minimum atomic E-state index is -4.73. The molecule has 0 aliphatic rings. The fourth-order valence-corrected chi connectivity index (χ4v) is 1.93. The van der Waals surface area contributed by atoms with E-state index in [1.165, 1.54) is 22.8 Å². The third-order valence-corrected chi connectivity index (χ3v) is 3.38. The number of pyridine rings is 1. The second kappa shape index (κ2) is 5.32. The summed E-state index contributed by atoms with van der Waals surface area (Å²) in [5, 5.41) is 0. The van der Waals surface area contributed by atoms with Crippen molar-refractivity contribution >= 4 is 15.9 Å². The van der Waals surface area contributed by atoms with Crippen molar-refractivity contribution in [2.45, 2.75) is 13.3 Å². The minimum absolute atomic E-state index is 0.268. The summed E-state index contributed by atoms with van der Waals surface area (Å²) in [5.41, 5.74) is 0.962. The van der Waals surface area contributed by atoms with E-state index in [1.807, 2.05) is 0 Å². The van der Waals surface area contributed by atoms with Gasteiger partial charge in [0.1, 0.15) is 5.75 Å². The van der Waals surface area contributed by atoms with Crippen LogP contribution < -0.4 is 10.3 Å². The van der Waals surface area contributed by atoms with Gasteiger partial charge >= 0.3 is 6.36 Å². The monoisotopic (exact) mass is 347 g/mol. The molecule has 0 aliphatic carbocycles. The van der Waals surface area contributed by atoms with Crippen LogP contribution in [0.5, 0.6) is 5.75 Å². The Hall–Kier alpha value is -1.76. The molecule has 1 heterocycles. The molecule has 0 N–H and O–H groups in total. The van der Waals surface area contributed by atoms with E-state index in [0.717, 1.165) is 22.2 Å². The smallest absolute Gasteiger partial charge is 0.406 e. The maximum Gasteiger partial charge on any atom is 0.573 e. The van der Waals surface area contributed by atoms with Gasteiger partial charge in [0.25, 0.3) is 5.56 Å². The Bertz CT molecular complexity index is 677. The van der Waals surface area contributed by atoms with Crippen LogP contribution in [-0.4, -0.2) is 10.9 Å². The summed E-state index contributed by atoms with van der Waals surface area (Å²) in [5.74, 6) is -0.333. The Balaban J connectivity index is 2.36. The van der Waals surface area contributed by atoms with Crippen LogP contribution >= 0.6 is 15.9 Å². The number of benzene rings is 1. The quantitative estimate of drug-likeness (QED) is 0.827. The van der Waals surface area contributed by atoms with E-state index in [4.69, 9.17) is 0 Å². The molecule has 0 amide bonds. The summed E-state index contributed by atoms with van der Waals surface area (Å²) < 4.78 is 42.0. The zero-order valence-corrected chi connectivity index (χ0v) is 11.8. The lowest BCUT2D eigenvalue weighted by atomic mass is 10.2. The van der Waals surface area contributed by atoms with Crippen LogP contribution in [0.1, 0.15) is 5.56 Å². The van der Waals surface area contributed by atoms with Gasteiger partial charge in [0.05, 0.1) is 0 Å². The SMILES string of the molecule is Cc1cc(=O)n(-c2ccc(OC(F)(F)F)cc2)cc1Br. The van der Waals surface area contributed by atoms with Crippen molar-refractivity contribution in [3.63, 3.8) is 0 Å². The lowest BCUT2D eigenvalue weighted by Gasteiger charge is -2.11. The van der Waals surface area contributed by atoms with E-state index in [9.17, 15) is 18.0 Å². The molecule has 0 saturated heterocycles. The number of rotatable bonds is 2. The van der Waals surface area contributed by atoms with Crippen LogP contribution in [0, 0.1) is 6.92 Å². The summed E-state index contributed by atoms with van der Waals surface area (Å²) in [6.07, 6.45) is -3.16. The van der Waals surface area contributed by atoms with E-state index in [0.29, 0.717) is 5.69 Å².